The fraction of sp³-hybridized carbons (Fsp3) is 0.353. The number of fused-ring (bicyclic) bond motifs is 5. The number of hydrogen-bond acceptors (Lipinski definition) is 4. The number of para-hydroxylation sites is 1. The van der Waals surface area contributed by atoms with E-state index in [1.54, 1.807) is 13.1 Å². The molecule has 2 heterocycles. The van der Waals surface area contributed by atoms with Crippen LogP contribution in [0.25, 0.3) is 0 Å². The van der Waals surface area contributed by atoms with Crippen LogP contribution >= 0.6 is 0 Å². The van der Waals surface area contributed by atoms with Gasteiger partial charge >= 0.3 is 5.63 Å². The Hall–Kier alpha value is -2.43. The first-order chi connectivity index (χ1) is 10.6. The van der Waals surface area contributed by atoms with Gasteiger partial charge in [-0.3, -0.25) is 0 Å². The van der Waals surface area contributed by atoms with Gasteiger partial charge in [0.1, 0.15) is 11.7 Å². The molecule has 1 aliphatic heterocycles. The molecule has 0 saturated carbocycles. The van der Waals surface area contributed by atoms with Gasteiger partial charge in [0, 0.05) is 18.0 Å². The number of nitrogens with zero attached hydrogens (tertiary/aromatic N) is 1. The number of aryl methyl sites for hydroxylation is 1. The molecule has 0 unspecified atom stereocenters. The summed E-state index contributed by atoms with van der Waals surface area (Å²) in [6.45, 7) is 3.86. The molecular weight excluding hydrogens is 282 g/mol. The number of phenolic OH excluding ortho intramolecular Hbond substituents is 1. The number of rotatable bonds is 2. The molecule has 22 heavy (non-hydrogen) atoms. The first kappa shape index (κ1) is 13.2. The van der Waals surface area contributed by atoms with E-state index in [9.17, 15) is 9.90 Å². The third-order valence-corrected chi connectivity index (χ3v) is 4.98. The van der Waals surface area contributed by atoms with Gasteiger partial charge in [-0.25, -0.2) is 9.53 Å². The van der Waals surface area contributed by atoms with E-state index in [2.05, 4.69) is 6.58 Å². The van der Waals surface area contributed by atoms with Crippen LogP contribution in [0.4, 0.5) is 0 Å². The number of phenols is 1. The van der Waals surface area contributed by atoms with Crippen molar-refractivity contribution in [2.45, 2.75) is 30.8 Å². The number of ether oxygens (including phenoxy) is 1. The van der Waals surface area contributed by atoms with Crippen molar-refractivity contribution in [1.29, 1.82) is 0 Å². The van der Waals surface area contributed by atoms with Crippen molar-refractivity contribution in [2.75, 3.05) is 0 Å². The smallest absolute Gasteiger partial charge is 0.364 e. The molecule has 2 atom stereocenters. The third-order valence-electron chi connectivity index (χ3n) is 4.98. The summed E-state index contributed by atoms with van der Waals surface area (Å²) in [5.74, 6) is 0.586. The average Bonchev–Trinajstić information content (AvgIpc) is 2.96. The highest BCUT2D eigenvalue weighted by Crippen LogP contribution is 2.59. The van der Waals surface area contributed by atoms with E-state index in [1.165, 1.54) is 4.74 Å². The molecule has 1 aliphatic carbocycles. The number of aromatic nitrogens is 1. The highest BCUT2D eigenvalue weighted by atomic mass is 16.5. The van der Waals surface area contributed by atoms with Crippen LogP contribution < -0.4 is 10.4 Å². The van der Waals surface area contributed by atoms with Gasteiger partial charge < -0.3 is 14.4 Å². The summed E-state index contributed by atoms with van der Waals surface area (Å²) in [5.41, 5.74) is 1.68. The highest BCUT2D eigenvalue weighted by molar-refractivity contribution is 5.56. The normalized spacial score (nSPS) is 25.0. The van der Waals surface area contributed by atoms with Crippen molar-refractivity contribution in [2.24, 2.45) is 7.05 Å². The zero-order valence-corrected chi connectivity index (χ0v) is 12.3. The maximum absolute atomic E-state index is 12.3. The summed E-state index contributed by atoms with van der Waals surface area (Å²) in [6, 6.07) is 5.38. The van der Waals surface area contributed by atoms with E-state index in [1.807, 2.05) is 18.2 Å². The van der Waals surface area contributed by atoms with E-state index in [-0.39, 0.29) is 16.8 Å². The Balaban J connectivity index is 1.99. The summed E-state index contributed by atoms with van der Waals surface area (Å²) in [7, 11) is 1.74. The summed E-state index contributed by atoms with van der Waals surface area (Å²) < 4.78 is 12.8. The quantitative estimate of drug-likeness (QED) is 0.866. The van der Waals surface area contributed by atoms with Crippen LogP contribution in [0.2, 0.25) is 0 Å². The zero-order chi connectivity index (χ0) is 15.5. The Bertz CT molecular complexity index is 832. The van der Waals surface area contributed by atoms with Crippen LogP contribution in [0.1, 0.15) is 35.8 Å². The maximum Gasteiger partial charge on any atom is 0.364 e. The van der Waals surface area contributed by atoms with Crippen molar-refractivity contribution in [3.8, 4) is 11.5 Å². The van der Waals surface area contributed by atoms with Crippen molar-refractivity contribution >= 4 is 0 Å². The fourth-order valence-electron chi connectivity index (χ4n) is 4.00. The van der Waals surface area contributed by atoms with E-state index >= 15 is 0 Å². The first-order valence-corrected chi connectivity index (χ1v) is 7.37. The topological polar surface area (TPSA) is 64.6 Å². The van der Waals surface area contributed by atoms with Crippen LogP contribution in [0, 0.1) is 0 Å². The second-order valence-electron chi connectivity index (χ2n) is 6.04. The summed E-state index contributed by atoms with van der Waals surface area (Å²) in [5, 5.41) is 10.1. The van der Waals surface area contributed by atoms with Crippen LogP contribution in [0.5, 0.6) is 11.5 Å². The number of benzene rings is 1. The van der Waals surface area contributed by atoms with Gasteiger partial charge in [0.15, 0.2) is 11.5 Å². The van der Waals surface area contributed by atoms with E-state index in [0.29, 0.717) is 17.7 Å². The molecule has 5 nitrogen and oxygen atoms in total. The molecule has 0 fully saturated rings. The summed E-state index contributed by atoms with van der Waals surface area (Å²) in [6.07, 6.45) is 3.66. The summed E-state index contributed by atoms with van der Waals surface area (Å²) in [4.78, 5) is 12.3. The van der Waals surface area contributed by atoms with E-state index in [0.717, 1.165) is 24.1 Å². The van der Waals surface area contributed by atoms with E-state index < -0.39 is 6.10 Å². The minimum Gasteiger partial charge on any atom is -0.504 e. The van der Waals surface area contributed by atoms with Gasteiger partial charge in [-0.2, -0.15) is 0 Å². The molecule has 114 valence electrons. The molecule has 1 aromatic heterocycles. The van der Waals surface area contributed by atoms with Gasteiger partial charge in [0.05, 0.1) is 5.69 Å². The fourth-order valence-corrected chi connectivity index (χ4v) is 4.00. The minimum atomic E-state index is -0.435. The molecule has 0 amide bonds. The number of hydrogen-bond donors (Lipinski definition) is 1. The SMILES string of the molecule is C=CC[C@@]12CCc3c(c(=O)on3C)[C@@H]1Oc1c(O)cccc12. The Morgan fingerprint density at radius 2 is 2.36 bits per heavy atom. The molecule has 0 radical (unpaired) electrons. The van der Waals surface area contributed by atoms with Crippen LogP contribution in [0.15, 0.2) is 40.2 Å². The highest BCUT2D eigenvalue weighted by Gasteiger charge is 2.54. The molecule has 5 heteroatoms. The molecule has 4 rings (SSSR count). The maximum atomic E-state index is 12.3. The number of allylic oxidation sites excluding steroid dienone is 1. The lowest BCUT2D eigenvalue weighted by Crippen LogP contribution is -2.38. The monoisotopic (exact) mass is 299 g/mol. The molecule has 2 aliphatic rings. The Morgan fingerprint density at radius 3 is 3.14 bits per heavy atom. The predicted molar refractivity (Wildman–Crippen MR) is 80.2 cm³/mol. The molecule has 1 aromatic carbocycles. The number of aromatic hydroxyl groups is 1. The van der Waals surface area contributed by atoms with Gasteiger partial charge in [0.25, 0.3) is 0 Å². The minimum absolute atomic E-state index is 0.109. The zero-order valence-electron chi connectivity index (χ0n) is 12.3. The largest absolute Gasteiger partial charge is 0.504 e. The van der Waals surface area contributed by atoms with Crippen LogP contribution in [-0.2, 0) is 18.9 Å². The molecule has 0 saturated heterocycles. The summed E-state index contributed by atoms with van der Waals surface area (Å²) >= 11 is 0. The van der Waals surface area contributed by atoms with Crippen molar-refractivity contribution in [1.82, 2.24) is 4.74 Å². The lowest BCUT2D eigenvalue weighted by molar-refractivity contribution is 0.125. The van der Waals surface area contributed by atoms with Crippen LogP contribution in [0.3, 0.4) is 0 Å². The van der Waals surface area contributed by atoms with Gasteiger partial charge in [-0.15, -0.1) is 6.58 Å². The molecular formula is C17H17NO4. The molecule has 1 N–H and O–H groups in total. The predicted octanol–water partition coefficient (Wildman–Crippen LogP) is 2.58. The second-order valence-corrected chi connectivity index (χ2v) is 6.04. The Kier molecular flexibility index (Phi) is 2.58. The molecule has 0 bridgehead atoms. The van der Waals surface area contributed by atoms with Crippen molar-refractivity contribution < 1.29 is 14.4 Å². The lowest BCUT2D eigenvalue weighted by Gasteiger charge is -2.36. The molecule has 0 spiro atoms. The Labute approximate surface area is 127 Å². The van der Waals surface area contributed by atoms with Gasteiger partial charge in [-0.1, -0.05) is 18.2 Å². The molecule has 2 aromatic rings. The van der Waals surface area contributed by atoms with Crippen molar-refractivity contribution in [3.63, 3.8) is 0 Å². The first-order valence-electron chi connectivity index (χ1n) is 7.37. The standard InChI is InChI=1S/C17H17NO4/c1-3-8-17-9-7-11-13(16(20)22-18(11)2)15(17)21-14-10(17)5-4-6-12(14)19/h3-6,15,19H,1,7-9H2,2H3/t15-,17-/m0/s1. The van der Waals surface area contributed by atoms with Gasteiger partial charge in [-0.05, 0) is 25.3 Å². The van der Waals surface area contributed by atoms with E-state index in [4.69, 9.17) is 9.26 Å². The lowest BCUT2D eigenvalue weighted by atomic mass is 9.66. The van der Waals surface area contributed by atoms with Crippen molar-refractivity contribution in [3.05, 3.63) is 58.1 Å². The third kappa shape index (κ3) is 1.46. The second kappa shape index (κ2) is 4.29. The Morgan fingerprint density at radius 1 is 1.55 bits per heavy atom. The van der Waals surface area contributed by atoms with Gasteiger partial charge in [0.2, 0.25) is 0 Å². The van der Waals surface area contributed by atoms with Crippen LogP contribution in [-0.4, -0.2) is 9.85 Å². The average molecular weight is 299 g/mol.